The Morgan fingerprint density at radius 2 is 2.17 bits per heavy atom. The average molecular weight is 234 g/mol. The SMILES string of the molecule is CC(C)n1nc(Br)c(C(=O)O)n1. The Hall–Kier alpha value is -0.910. The van der Waals surface area contributed by atoms with Crippen LogP contribution in [0.1, 0.15) is 30.4 Å². The van der Waals surface area contributed by atoms with E-state index in [2.05, 4.69) is 26.1 Å². The molecule has 0 spiro atoms. The van der Waals surface area contributed by atoms with Crippen LogP contribution in [0.3, 0.4) is 0 Å². The first-order valence-electron chi connectivity index (χ1n) is 3.38. The second-order valence-corrected chi connectivity index (χ2v) is 3.31. The monoisotopic (exact) mass is 233 g/mol. The molecule has 0 bridgehead atoms. The van der Waals surface area contributed by atoms with Crippen LogP contribution < -0.4 is 0 Å². The molecule has 1 N–H and O–H groups in total. The van der Waals surface area contributed by atoms with E-state index >= 15 is 0 Å². The van der Waals surface area contributed by atoms with Crippen LogP contribution in [0.15, 0.2) is 4.60 Å². The molecule has 12 heavy (non-hydrogen) atoms. The number of hydrogen-bond donors (Lipinski definition) is 1. The number of rotatable bonds is 2. The summed E-state index contributed by atoms with van der Waals surface area (Å²) in [7, 11) is 0. The second-order valence-electron chi connectivity index (χ2n) is 2.56. The zero-order valence-corrected chi connectivity index (χ0v) is 8.24. The highest BCUT2D eigenvalue weighted by atomic mass is 79.9. The van der Waals surface area contributed by atoms with Gasteiger partial charge in [-0.25, -0.2) is 4.79 Å². The third-order valence-electron chi connectivity index (χ3n) is 1.25. The van der Waals surface area contributed by atoms with Gasteiger partial charge in [-0.05, 0) is 29.8 Å². The van der Waals surface area contributed by atoms with E-state index in [1.807, 2.05) is 13.8 Å². The van der Waals surface area contributed by atoms with Crippen molar-refractivity contribution < 1.29 is 9.90 Å². The molecule has 0 atom stereocenters. The van der Waals surface area contributed by atoms with Crippen molar-refractivity contribution in [2.75, 3.05) is 0 Å². The van der Waals surface area contributed by atoms with E-state index in [0.29, 0.717) is 0 Å². The van der Waals surface area contributed by atoms with Gasteiger partial charge in [0.1, 0.15) is 0 Å². The molecule has 0 saturated heterocycles. The first kappa shape index (κ1) is 9.18. The van der Waals surface area contributed by atoms with Crippen LogP contribution in [0.2, 0.25) is 0 Å². The summed E-state index contributed by atoms with van der Waals surface area (Å²) in [4.78, 5) is 11.9. The van der Waals surface area contributed by atoms with Crippen LogP contribution >= 0.6 is 15.9 Å². The molecule has 1 aromatic heterocycles. The fraction of sp³-hybridized carbons (Fsp3) is 0.500. The summed E-state index contributed by atoms with van der Waals surface area (Å²) in [5, 5.41) is 16.3. The van der Waals surface area contributed by atoms with Crippen molar-refractivity contribution >= 4 is 21.9 Å². The van der Waals surface area contributed by atoms with E-state index in [9.17, 15) is 4.79 Å². The smallest absolute Gasteiger partial charge is 0.359 e. The molecule has 1 rings (SSSR count). The third-order valence-corrected chi connectivity index (χ3v) is 1.79. The van der Waals surface area contributed by atoms with Gasteiger partial charge in [0.05, 0.1) is 6.04 Å². The van der Waals surface area contributed by atoms with E-state index in [1.165, 1.54) is 4.80 Å². The molecule has 0 aliphatic heterocycles. The summed E-state index contributed by atoms with van der Waals surface area (Å²) in [5.74, 6) is -1.08. The summed E-state index contributed by atoms with van der Waals surface area (Å²) in [5.41, 5.74) is -0.0521. The van der Waals surface area contributed by atoms with Crippen molar-refractivity contribution in [3.05, 3.63) is 10.3 Å². The molecule has 66 valence electrons. The Bertz CT molecular complexity index is 308. The van der Waals surface area contributed by atoms with E-state index in [0.717, 1.165) is 0 Å². The van der Waals surface area contributed by atoms with Gasteiger partial charge in [0.15, 0.2) is 4.60 Å². The molecule has 0 saturated carbocycles. The zero-order chi connectivity index (χ0) is 9.30. The first-order valence-corrected chi connectivity index (χ1v) is 4.17. The molecule has 0 aromatic carbocycles. The summed E-state index contributed by atoms with van der Waals surface area (Å²) in [6.45, 7) is 3.75. The quantitative estimate of drug-likeness (QED) is 0.837. The van der Waals surface area contributed by atoms with Crippen LogP contribution in [0.4, 0.5) is 0 Å². The Labute approximate surface area is 77.5 Å². The Morgan fingerprint density at radius 3 is 2.42 bits per heavy atom. The number of aromatic carboxylic acids is 1. The topological polar surface area (TPSA) is 68.0 Å². The Morgan fingerprint density at radius 1 is 1.58 bits per heavy atom. The molecule has 0 unspecified atom stereocenters. The number of carboxylic acid groups (broad SMARTS) is 1. The van der Waals surface area contributed by atoms with Crippen molar-refractivity contribution in [2.45, 2.75) is 19.9 Å². The fourth-order valence-corrected chi connectivity index (χ4v) is 1.08. The second kappa shape index (κ2) is 3.22. The van der Waals surface area contributed by atoms with Crippen LogP contribution in [-0.2, 0) is 0 Å². The molecule has 1 heterocycles. The minimum atomic E-state index is -1.08. The first-order chi connectivity index (χ1) is 5.52. The van der Waals surface area contributed by atoms with Crippen molar-refractivity contribution in [1.29, 1.82) is 0 Å². The van der Waals surface area contributed by atoms with Crippen molar-refractivity contribution in [3.8, 4) is 0 Å². The number of hydrogen-bond acceptors (Lipinski definition) is 3. The average Bonchev–Trinajstić information content (AvgIpc) is 2.30. The summed E-state index contributed by atoms with van der Waals surface area (Å²) < 4.78 is 0.267. The molecular weight excluding hydrogens is 226 g/mol. The van der Waals surface area contributed by atoms with Gasteiger partial charge in [-0.2, -0.15) is 4.80 Å². The van der Waals surface area contributed by atoms with E-state index in [-0.39, 0.29) is 16.3 Å². The largest absolute Gasteiger partial charge is 0.476 e. The number of halogens is 1. The Kier molecular flexibility index (Phi) is 2.46. The lowest BCUT2D eigenvalue weighted by Crippen LogP contribution is -2.06. The van der Waals surface area contributed by atoms with Gasteiger partial charge in [-0.15, -0.1) is 10.2 Å². The molecular formula is C6H8BrN3O2. The van der Waals surface area contributed by atoms with E-state index in [4.69, 9.17) is 5.11 Å². The van der Waals surface area contributed by atoms with Crippen LogP contribution in [0.5, 0.6) is 0 Å². The zero-order valence-electron chi connectivity index (χ0n) is 6.65. The van der Waals surface area contributed by atoms with Crippen LogP contribution in [0, 0.1) is 0 Å². The van der Waals surface area contributed by atoms with Gasteiger partial charge in [0, 0.05) is 0 Å². The molecule has 6 heteroatoms. The maximum Gasteiger partial charge on any atom is 0.359 e. The minimum Gasteiger partial charge on any atom is -0.476 e. The third kappa shape index (κ3) is 1.63. The molecule has 0 radical (unpaired) electrons. The Balaban J connectivity index is 3.09. The number of carboxylic acids is 1. The van der Waals surface area contributed by atoms with Gasteiger partial charge in [0.25, 0.3) is 0 Å². The van der Waals surface area contributed by atoms with Crippen molar-refractivity contribution in [1.82, 2.24) is 15.0 Å². The van der Waals surface area contributed by atoms with E-state index < -0.39 is 5.97 Å². The molecule has 0 aliphatic carbocycles. The van der Waals surface area contributed by atoms with Crippen LogP contribution in [-0.4, -0.2) is 26.1 Å². The highest BCUT2D eigenvalue weighted by Crippen LogP contribution is 2.12. The summed E-state index contributed by atoms with van der Waals surface area (Å²) in [6, 6.07) is 0.0643. The normalized spacial score (nSPS) is 10.7. The minimum absolute atomic E-state index is 0.0521. The number of aromatic nitrogens is 3. The van der Waals surface area contributed by atoms with Gasteiger partial charge in [0.2, 0.25) is 5.69 Å². The van der Waals surface area contributed by atoms with Crippen molar-refractivity contribution in [3.63, 3.8) is 0 Å². The predicted molar refractivity (Wildman–Crippen MR) is 45.1 cm³/mol. The fourth-order valence-electron chi connectivity index (χ4n) is 0.665. The van der Waals surface area contributed by atoms with Gasteiger partial charge < -0.3 is 5.11 Å². The lowest BCUT2D eigenvalue weighted by atomic mass is 10.4. The predicted octanol–water partition coefficient (Wildman–Crippen LogP) is 1.32. The molecule has 0 amide bonds. The van der Waals surface area contributed by atoms with Gasteiger partial charge in [-0.3, -0.25) is 0 Å². The highest BCUT2D eigenvalue weighted by molar-refractivity contribution is 9.10. The number of nitrogens with zero attached hydrogens (tertiary/aromatic N) is 3. The standard InChI is InChI=1S/C6H8BrN3O2/c1-3(2)10-8-4(6(11)12)5(7)9-10/h3H,1-2H3,(H,11,12). The summed E-state index contributed by atoms with van der Waals surface area (Å²) in [6.07, 6.45) is 0. The highest BCUT2D eigenvalue weighted by Gasteiger charge is 2.16. The van der Waals surface area contributed by atoms with Gasteiger partial charge >= 0.3 is 5.97 Å². The lowest BCUT2D eigenvalue weighted by Gasteiger charge is -1.99. The lowest BCUT2D eigenvalue weighted by molar-refractivity contribution is 0.0688. The maximum absolute atomic E-state index is 10.5. The summed E-state index contributed by atoms with van der Waals surface area (Å²) >= 11 is 3.01. The van der Waals surface area contributed by atoms with Crippen LogP contribution in [0.25, 0.3) is 0 Å². The molecule has 5 nitrogen and oxygen atoms in total. The molecule has 1 aromatic rings. The van der Waals surface area contributed by atoms with E-state index in [1.54, 1.807) is 0 Å². The maximum atomic E-state index is 10.5. The molecule has 0 fully saturated rings. The van der Waals surface area contributed by atoms with Crippen molar-refractivity contribution in [2.24, 2.45) is 0 Å². The number of carbonyl (C=O) groups is 1. The van der Waals surface area contributed by atoms with Gasteiger partial charge in [-0.1, -0.05) is 0 Å². The molecule has 0 aliphatic rings.